The molecule has 150 valence electrons. The van der Waals surface area contributed by atoms with E-state index in [4.69, 9.17) is 11.6 Å². The SMILES string of the molecule is C[C@H](C=CCl)[C@H]1CC=C2C3=C(CC[C@@]21C)[C@@]1(C)CCC(O)C(C)(C)C1CC3. The molecule has 0 amide bonds. The fourth-order valence-electron chi connectivity index (χ4n) is 7.76. The van der Waals surface area contributed by atoms with Crippen molar-refractivity contribution in [1.29, 1.82) is 0 Å². The lowest BCUT2D eigenvalue weighted by Gasteiger charge is -2.59. The van der Waals surface area contributed by atoms with E-state index in [9.17, 15) is 5.11 Å². The summed E-state index contributed by atoms with van der Waals surface area (Å²) in [4.78, 5) is 0. The van der Waals surface area contributed by atoms with E-state index in [1.807, 2.05) is 0 Å². The predicted molar refractivity (Wildman–Crippen MR) is 115 cm³/mol. The molecule has 4 rings (SSSR count). The number of halogens is 1. The largest absolute Gasteiger partial charge is 0.393 e. The van der Waals surface area contributed by atoms with Gasteiger partial charge < -0.3 is 5.11 Å². The molecule has 4 aliphatic rings. The van der Waals surface area contributed by atoms with Crippen molar-refractivity contribution in [3.63, 3.8) is 0 Å². The highest BCUT2D eigenvalue weighted by molar-refractivity contribution is 6.25. The molecule has 1 N–H and O–H groups in total. The number of aliphatic hydroxyl groups excluding tert-OH is 1. The van der Waals surface area contributed by atoms with Crippen LogP contribution >= 0.6 is 11.6 Å². The summed E-state index contributed by atoms with van der Waals surface area (Å²) in [6.07, 6.45) is 12.9. The lowest BCUT2D eigenvalue weighted by Crippen LogP contribution is -2.53. The fourth-order valence-corrected chi connectivity index (χ4v) is 7.99. The molecule has 0 radical (unpaired) electrons. The zero-order valence-electron chi connectivity index (χ0n) is 17.8. The molecule has 0 saturated heterocycles. The molecule has 1 nitrogen and oxygen atoms in total. The Kier molecular flexibility index (Phi) is 4.75. The van der Waals surface area contributed by atoms with Crippen LogP contribution in [-0.2, 0) is 0 Å². The van der Waals surface area contributed by atoms with Crippen molar-refractivity contribution in [1.82, 2.24) is 0 Å². The molecule has 6 atom stereocenters. The van der Waals surface area contributed by atoms with Crippen molar-refractivity contribution in [2.45, 2.75) is 85.7 Å². The number of rotatable bonds is 2. The summed E-state index contributed by atoms with van der Waals surface area (Å²) in [6.45, 7) is 12.0. The number of allylic oxidation sites excluding steroid dienone is 5. The van der Waals surface area contributed by atoms with Gasteiger partial charge in [-0.3, -0.25) is 0 Å². The van der Waals surface area contributed by atoms with Crippen LogP contribution in [0, 0.1) is 34.0 Å². The first-order chi connectivity index (χ1) is 12.7. The Balaban J connectivity index is 1.72. The second kappa shape index (κ2) is 6.49. The third kappa shape index (κ3) is 2.67. The first-order valence-electron chi connectivity index (χ1n) is 11.0. The molecule has 1 saturated carbocycles. The van der Waals surface area contributed by atoms with Gasteiger partial charge in [0, 0.05) is 5.54 Å². The fraction of sp³-hybridized carbons (Fsp3) is 0.760. The molecule has 2 heteroatoms. The molecule has 1 fully saturated rings. The molecular weight excluding hydrogens is 352 g/mol. The summed E-state index contributed by atoms with van der Waals surface area (Å²) in [6, 6.07) is 0. The molecule has 2 unspecified atom stereocenters. The minimum absolute atomic E-state index is 0.0263. The molecule has 0 aliphatic heterocycles. The van der Waals surface area contributed by atoms with Gasteiger partial charge in [0.15, 0.2) is 0 Å². The van der Waals surface area contributed by atoms with Crippen LogP contribution < -0.4 is 0 Å². The quantitative estimate of drug-likeness (QED) is 0.539. The Bertz CT molecular complexity index is 714. The summed E-state index contributed by atoms with van der Waals surface area (Å²) < 4.78 is 0. The van der Waals surface area contributed by atoms with Gasteiger partial charge in [0.05, 0.1) is 6.10 Å². The first-order valence-corrected chi connectivity index (χ1v) is 11.5. The number of fused-ring (bicyclic) bond motifs is 4. The maximum absolute atomic E-state index is 10.7. The average molecular weight is 389 g/mol. The van der Waals surface area contributed by atoms with Gasteiger partial charge in [-0.05, 0) is 90.1 Å². The monoisotopic (exact) mass is 388 g/mol. The number of aliphatic hydroxyl groups is 1. The second-order valence-electron chi connectivity index (χ2n) is 10.9. The van der Waals surface area contributed by atoms with E-state index < -0.39 is 0 Å². The summed E-state index contributed by atoms with van der Waals surface area (Å²) >= 11 is 5.91. The summed E-state index contributed by atoms with van der Waals surface area (Å²) in [5.41, 5.74) is 7.45. The Morgan fingerprint density at radius 1 is 1.11 bits per heavy atom. The molecular formula is C25H37ClO. The molecule has 0 bridgehead atoms. The first kappa shape index (κ1) is 19.8. The van der Waals surface area contributed by atoms with Crippen molar-refractivity contribution >= 4 is 11.6 Å². The Hall–Kier alpha value is -0.530. The van der Waals surface area contributed by atoms with Crippen molar-refractivity contribution in [3.8, 4) is 0 Å². The number of hydrogen-bond donors (Lipinski definition) is 1. The standard InChI is InChI=1S/C25H37ClO/c1-16(12-15-26)18-7-8-19-17-6-9-21-23(2,3)22(27)11-14-25(21,5)20(17)10-13-24(18,19)4/h8,12,15-16,18,21-22,27H,6-7,9-11,13-14H2,1-5H3/t16-,18-,21?,22?,24-,25-/m1/s1. The third-order valence-electron chi connectivity index (χ3n) is 9.44. The van der Waals surface area contributed by atoms with E-state index in [1.165, 1.54) is 32.1 Å². The summed E-state index contributed by atoms with van der Waals surface area (Å²) in [5, 5.41) is 10.7. The van der Waals surface area contributed by atoms with Crippen LogP contribution in [0.5, 0.6) is 0 Å². The zero-order chi connectivity index (χ0) is 19.6. The van der Waals surface area contributed by atoms with Crippen molar-refractivity contribution in [3.05, 3.63) is 34.4 Å². The second-order valence-corrected chi connectivity index (χ2v) is 11.1. The van der Waals surface area contributed by atoms with Gasteiger partial charge in [0.2, 0.25) is 0 Å². The zero-order valence-corrected chi connectivity index (χ0v) is 18.6. The van der Waals surface area contributed by atoms with Gasteiger partial charge >= 0.3 is 0 Å². The maximum atomic E-state index is 10.7. The van der Waals surface area contributed by atoms with Crippen LogP contribution in [0.3, 0.4) is 0 Å². The van der Waals surface area contributed by atoms with E-state index in [1.54, 1.807) is 22.3 Å². The minimum atomic E-state index is -0.148. The lowest BCUT2D eigenvalue weighted by molar-refractivity contribution is -0.0904. The molecule has 0 spiro atoms. The molecule has 0 aromatic heterocycles. The van der Waals surface area contributed by atoms with Crippen molar-refractivity contribution in [2.75, 3.05) is 0 Å². The Morgan fingerprint density at radius 2 is 1.85 bits per heavy atom. The summed E-state index contributed by atoms with van der Waals surface area (Å²) in [5.74, 6) is 1.80. The van der Waals surface area contributed by atoms with Crippen LogP contribution in [0.2, 0.25) is 0 Å². The van der Waals surface area contributed by atoms with Crippen molar-refractivity contribution < 1.29 is 5.11 Å². The highest BCUT2D eigenvalue weighted by Crippen LogP contribution is 2.66. The van der Waals surface area contributed by atoms with Crippen LogP contribution in [0.4, 0.5) is 0 Å². The Labute approximate surface area is 171 Å². The van der Waals surface area contributed by atoms with Crippen LogP contribution in [-0.4, -0.2) is 11.2 Å². The van der Waals surface area contributed by atoms with E-state index >= 15 is 0 Å². The van der Waals surface area contributed by atoms with Gasteiger partial charge in [-0.1, -0.05) is 63.9 Å². The summed E-state index contributed by atoms with van der Waals surface area (Å²) in [7, 11) is 0. The third-order valence-corrected chi connectivity index (χ3v) is 9.59. The minimum Gasteiger partial charge on any atom is -0.393 e. The Morgan fingerprint density at radius 3 is 2.56 bits per heavy atom. The van der Waals surface area contributed by atoms with Crippen LogP contribution in [0.25, 0.3) is 0 Å². The number of hydrogen-bond acceptors (Lipinski definition) is 1. The van der Waals surface area contributed by atoms with E-state index in [-0.39, 0.29) is 16.9 Å². The lowest BCUT2D eigenvalue weighted by atomic mass is 9.46. The highest BCUT2D eigenvalue weighted by Gasteiger charge is 2.57. The van der Waals surface area contributed by atoms with Gasteiger partial charge in [-0.15, -0.1) is 0 Å². The van der Waals surface area contributed by atoms with E-state index in [0.717, 1.165) is 12.8 Å². The van der Waals surface area contributed by atoms with E-state index in [2.05, 4.69) is 46.8 Å². The molecule has 27 heavy (non-hydrogen) atoms. The molecule has 0 heterocycles. The molecule has 0 aromatic rings. The molecule has 4 aliphatic carbocycles. The molecule has 0 aromatic carbocycles. The van der Waals surface area contributed by atoms with Gasteiger partial charge in [0.1, 0.15) is 0 Å². The van der Waals surface area contributed by atoms with Gasteiger partial charge in [0.25, 0.3) is 0 Å². The van der Waals surface area contributed by atoms with Crippen molar-refractivity contribution in [2.24, 2.45) is 34.0 Å². The van der Waals surface area contributed by atoms with Gasteiger partial charge in [-0.25, -0.2) is 0 Å². The topological polar surface area (TPSA) is 20.2 Å². The average Bonchev–Trinajstić information content (AvgIpc) is 2.96. The van der Waals surface area contributed by atoms with Crippen LogP contribution in [0.15, 0.2) is 34.4 Å². The predicted octanol–water partition coefficient (Wildman–Crippen LogP) is 7.02. The smallest absolute Gasteiger partial charge is 0.0594 e. The maximum Gasteiger partial charge on any atom is 0.0594 e. The van der Waals surface area contributed by atoms with Gasteiger partial charge in [-0.2, -0.15) is 0 Å². The normalized spacial score (nSPS) is 44.6. The van der Waals surface area contributed by atoms with E-state index in [0.29, 0.717) is 23.2 Å². The van der Waals surface area contributed by atoms with Crippen LogP contribution in [0.1, 0.15) is 79.6 Å². The highest BCUT2D eigenvalue weighted by atomic mass is 35.5.